The van der Waals surface area contributed by atoms with E-state index < -0.39 is 33.5 Å². The fourth-order valence-corrected chi connectivity index (χ4v) is 7.18. The van der Waals surface area contributed by atoms with Gasteiger partial charge in [-0.1, -0.05) is 57.9 Å². The molecule has 1 aliphatic carbocycles. The molecule has 0 aromatic heterocycles. The third kappa shape index (κ3) is 17.3. The van der Waals surface area contributed by atoms with Gasteiger partial charge in [0.1, 0.15) is 11.6 Å². The number of aryl methyl sites for hydroxylation is 1. The number of amides is 2. The van der Waals surface area contributed by atoms with Crippen molar-refractivity contribution in [3.63, 3.8) is 0 Å². The molecule has 0 heterocycles. The summed E-state index contributed by atoms with van der Waals surface area (Å²) in [5.41, 5.74) is 13.6. The molecule has 0 radical (unpaired) electrons. The van der Waals surface area contributed by atoms with Gasteiger partial charge in [-0.25, -0.2) is 17.8 Å². The van der Waals surface area contributed by atoms with Crippen LogP contribution in [0.15, 0.2) is 42.5 Å². The first-order valence-corrected chi connectivity index (χ1v) is 18.2. The Hall–Kier alpha value is -3.49. The standard InChI is InChI=1S/C29H43F2N3O2S.C5H9NO2.C2H2/c1-4-8-28(9-5-2)37(33,36)15-13-29(35)34(21-23-11-7-10-22(6-3)16-23)14-12-27(32)19-24-17-25(30)20-26(31)18-24;6-5(7)8-3-4-1-2-4;1-2/h7,10-11,16-18,20,27-28,33H,4-6,8-9,12-15,19,21,32H2,1-3H3;4H,1-3H2,(H2,6,7);1-2H/t27-,37?;;/m1../s1. The Kier molecular flexibility index (Phi) is 19.6. The van der Waals surface area contributed by atoms with E-state index in [4.69, 9.17) is 16.2 Å². The van der Waals surface area contributed by atoms with Crippen molar-refractivity contribution in [3.05, 3.63) is 70.8 Å². The van der Waals surface area contributed by atoms with Crippen molar-refractivity contribution in [2.45, 2.75) is 103 Å². The van der Waals surface area contributed by atoms with Crippen LogP contribution in [0.25, 0.3) is 0 Å². The molecule has 5 N–H and O–H groups in total. The predicted molar refractivity (Wildman–Crippen MR) is 186 cm³/mol. The fraction of sp³-hybridized carbons (Fsp3) is 0.556. The molecule has 0 spiro atoms. The summed E-state index contributed by atoms with van der Waals surface area (Å²) < 4.78 is 53.3. The molecule has 1 unspecified atom stereocenters. The zero-order chi connectivity index (χ0) is 35.4. The number of nitrogens with zero attached hydrogens (tertiary/aromatic N) is 1. The third-order valence-electron chi connectivity index (χ3n) is 7.85. The van der Waals surface area contributed by atoms with Gasteiger partial charge in [-0.3, -0.25) is 9.57 Å². The summed E-state index contributed by atoms with van der Waals surface area (Å²) in [6.45, 7) is 7.40. The van der Waals surface area contributed by atoms with Crippen LogP contribution in [0.1, 0.15) is 88.8 Å². The monoisotopic (exact) mass is 676 g/mol. The van der Waals surface area contributed by atoms with Gasteiger partial charge in [-0.15, -0.1) is 12.8 Å². The lowest BCUT2D eigenvalue weighted by Crippen LogP contribution is -2.37. The average Bonchev–Trinajstić information content (AvgIpc) is 3.86. The number of carbonyl (C=O) groups excluding carboxylic acids is 2. The first kappa shape index (κ1) is 41.5. The molecule has 47 heavy (non-hydrogen) atoms. The fourth-order valence-electron chi connectivity index (χ4n) is 5.13. The second-order valence-electron chi connectivity index (χ2n) is 12.0. The second kappa shape index (κ2) is 22.1. The van der Waals surface area contributed by atoms with Gasteiger partial charge < -0.3 is 21.1 Å². The number of hydrogen-bond acceptors (Lipinski definition) is 6. The topological polar surface area (TPSA) is 140 Å². The summed E-state index contributed by atoms with van der Waals surface area (Å²) in [5.74, 6) is -0.770. The lowest BCUT2D eigenvalue weighted by Gasteiger charge is -2.26. The van der Waals surface area contributed by atoms with Gasteiger partial charge in [0, 0.05) is 52.4 Å². The molecular weight excluding hydrogens is 622 g/mol. The number of halogens is 2. The largest absolute Gasteiger partial charge is 0.449 e. The van der Waals surface area contributed by atoms with E-state index in [-0.39, 0.29) is 29.8 Å². The number of primary amides is 1. The van der Waals surface area contributed by atoms with Gasteiger partial charge in [0.05, 0.1) is 6.61 Å². The van der Waals surface area contributed by atoms with Crippen molar-refractivity contribution in [1.82, 2.24) is 4.90 Å². The Morgan fingerprint density at radius 3 is 2.13 bits per heavy atom. The molecule has 0 bridgehead atoms. The van der Waals surface area contributed by atoms with Gasteiger partial charge in [0.15, 0.2) is 0 Å². The molecule has 2 amide bonds. The van der Waals surface area contributed by atoms with Gasteiger partial charge in [0.25, 0.3) is 0 Å². The van der Waals surface area contributed by atoms with Crippen molar-refractivity contribution in [3.8, 4) is 12.8 Å². The van der Waals surface area contributed by atoms with Crippen molar-refractivity contribution < 1.29 is 27.3 Å². The number of ether oxygens (including phenoxy) is 1. The summed E-state index contributed by atoms with van der Waals surface area (Å²) in [6.07, 6.45) is 14.6. The highest BCUT2D eigenvalue weighted by Gasteiger charge is 2.24. The molecule has 2 aromatic rings. The smallest absolute Gasteiger partial charge is 0.404 e. The second-order valence-corrected chi connectivity index (χ2v) is 14.5. The van der Waals surface area contributed by atoms with E-state index in [0.29, 0.717) is 37.6 Å². The molecule has 3 rings (SSSR count). The lowest BCUT2D eigenvalue weighted by molar-refractivity contribution is -0.131. The van der Waals surface area contributed by atoms with E-state index in [1.807, 2.05) is 32.0 Å². The van der Waals surface area contributed by atoms with Crippen LogP contribution in [0.5, 0.6) is 0 Å². The summed E-state index contributed by atoms with van der Waals surface area (Å²) in [5, 5.41) is -0.190. The van der Waals surface area contributed by atoms with Gasteiger partial charge in [0.2, 0.25) is 5.91 Å². The summed E-state index contributed by atoms with van der Waals surface area (Å²) in [7, 11) is -2.88. The minimum atomic E-state index is -2.88. The van der Waals surface area contributed by atoms with E-state index in [0.717, 1.165) is 43.7 Å². The SMILES string of the molecule is C#C.CCCC(CCC)S(=N)(=O)CCC(=O)N(CC[C@@H](N)Cc1cc(F)cc(F)c1)Cc1cccc(CC)c1.NC(=O)OCC1CC1. The highest BCUT2D eigenvalue weighted by molar-refractivity contribution is 7.93. The van der Waals surface area contributed by atoms with Crippen LogP contribution in [0.2, 0.25) is 0 Å². The first-order chi connectivity index (χ1) is 22.4. The molecule has 0 aliphatic heterocycles. The Labute approximate surface area is 281 Å². The van der Waals surface area contributed by atoms with E-state index in [2.05, 4.69) is 30.6 Å². The van der Waals surface area contributed by atoms with E-state index in [9.17, 15) is 22.6 Å². The molecule has 262 valence electrons. The molecule has 0 saturated heterocycles. The van der Waals surface area contributed by atoms with E-state index in [1.54, 1.807) is 4.90 Å². The van der Waals surface area contributed by atoms with Crippen molar-refractivity contribution in [2.75, 3.05) is 18.9 Å². The Bertz CT molecular complexity index is 1340. The summed E-state index contributed by atoms with van der Waals surface area (Å²) in [6, 6.07) is 11.0. The van der Waals surface area contributed by atoms with Crippen LogP contribution in [-0.2, 0) is 38.6 Å². The number of rotatable bonds is 18. The lowest BCUT2D eigenvalue weighted by atomic mass is 10.0. The number of benzene rings is 2. The number of terminal acetylenes is 1. The van der Waals surface area contributed by atoms with E-state index >= 15 is 0 Å². The van der Waals surface area contributed by atoms with Crippen LogP contribution in [0.3, 0.4) is 0 Å². The van der Waals surface area contributed by atoms with Crippen LogP contribution in [0.4, 0.5) is 13.6 Å². The predicted octanol–water partition coefficient (Wildman–Crippen LogP) is 6.96. The molecule has 1 fully saturated rings. The average molecular weight is 677 g/mol. The maximum atomic E-state index is 13.6. The van der Waals surface area contributed by atoms with Gasteiger partial charge in [-0.05, 0) is 79.7 Å². The summed E-state index contributed by atoms with van der Waals surface area (Å²) in [4.78, 5) is 25.0. The molecule has 11 heteroatoms. The third-order valence-corrected chi connectivity index (χ3v) is 10.2. The summed E-state index contributed by atoms with van der Waals surface area (Å²) >= 11 is 0. The number of nitrogens with two attached hydrogens (primary N) is 2. The number of hydrogen-bond donors (Lipinski definition) is 3. The van der Waals surface area contributed by atoms with Gasteiger partial charge in [-0.2, -0.15) is 0 Å². The van der Waals surface area contributed by atoms with Gasteiger partial charge >= 0.3 is 6.09 Å². The molecule has 1 saturated carbocycles. The minimum Gasteiger partial charge on any atom is -0.449 e. The number of carbonyl (C=O) groups is 2. The highest BCUT2D eigenvalue weighted by Crippen LogP contribution is 2.28. The van der Waals surface area contributed by atoms with E-state index in [1.165, 1.54) is 30.5 Å². The van der Waals surface area contributed by atoms with Crippen LogP contribution in [-0.4, -0.2) is 51.3 Å². The zero-order valence-corrected chi connectivity index (χ0v) is 29.0. The normalized spacial score (nSPS) is 14.1. The van der Waals surface area contributed by atoms with Crippen molar-refractivity contribution in [1.29, 1.82) is 4.78 Å². The molecular formula is C36H54F2N4O4S. The Morgan fingerprint density at radius 2 is 1.60 bits per heavy atom. The number of nitrogens with one attached hydrogen (secondary N) is 1. The molecule has 2 atom stereocenters. The van der Waals surface area contributed by atoms with Crippen molar-refractivity contribution in [2.24, 2.45) is 17.4 Å². The van der Waals surface area contributed by atoms with Crippen LogP contribution in [0, 0.1) is 35.2 Å². The zero-order valence-electron chi connectivity index (χ0n) is 28.2. The van der Waals surface area contributed by atoms with Crippen molar-refractivity contribution >= 4 is 21.7 Å². The Morgan fingerprint density at radius 1 is 1.00 bits per heavy atom. The van der Waals surface area contributed by atoms with Crippen LogP contribution < -0.4 is 11.5 Å². The highest BCUT2D eigenvalue weighted by atomic mass is 32.2. The Balaban J connectivity index is 0.000000946. The quantitative estimate of drug-likeness (QED) is 0.147. The van der Waals surface area contributed by atoms with Crippen LogP contribution >= 0.6 is 0 Å². The maximum Gasteiger partial charge on any atom is 0.404 e. The molecule has 1 aliphatic rings. The molecule has 2 aromatic carbocycles. The molecule has 8 nitrogen and oxygen atoms in total. The maximum absolute atomic E-state index is 13.6. The first-order valence-electron chi connectivity index (χ1n) is 16.4. The minimum absolute atomic E-state index is 0.0457.